The molecule has 1 aromatic carbocycles. The summed E-state index contributed by atoms with van der Waals surface area (Å²) in [6, 6.07) is 6.34. The van der Waals surface area contributed by atoms with E-state index in [0.29, 0.717) is 0 Å². The van der Waals surface area contributed by atoms with E-state index in [4.69, 9.17) is 5.73 Å². The Morgan fingerprint density at radius 3 is 2.92 bits per heavy atom. The van der Waals surface area contributed by atoms with Crippen LogP contribution in [0.2, 0.25) is 0 Å². The van der Waals surface area contributed by atoms with Gasteiger partial charge in [0.2, 0.25) is 0 Å². The monoisotopic (exact) mass is 192 g/mol. The van der Waals surface area contributed by atoms with Crippen LogP contribution in [0.25, 0.3) is 10.2 Å². The van der Waals surface area contributed by atoms with E-state index in [2.05, 4.69) is 30.1 Å². The molecule has 2 rings (SSSR count). The summed E-state index contributed by atoms with van der Waals surface area (Å²) in [7, 11) is 0. The van der Waals surface area contributed by atoms with Crippen molar-refractivity contribution in [1.82, 2.24) is 4.98 Å². The van der Waals surface area contributed by atoms with Crippen molar-refractivity contribution in [2.45, 2.75) is 19.9 Å². The number of thiazole rings is 1. The van der Waals surface area contributed by atoms with Crippen molar-refractivity contribution in [3.8, 4) is 0 Å². The molecule has 2 nitrogen and oxygen atoms in total. The van der Waals surface area contributed by atoms with Crippen molar-refractivity contribution in [2.24, 2.45) is 5.73 Å². The first-order valence-electron chi connectivity index (χ1n) is 4.29. The predicted octanol–water partition coefficient (Wildman–Crippen LogP) is 2.62. The maximum atomic E-state index is 5.76. The van der Waals surface area contributed by atoms with Gasteiger partial charge in [0.05, 0.1) is 16.3 Å². The molecule has 13 heavy (non-hydrogen) atoms. The Balaban J connectivity index is 2.62. The standard InChI is InChI=1S/C10H12N2S/c1-6-3-4-9-8(5-6)12-10(13-9)7(2)11/h3-5,7H,11H2,1-2H3. The summed E-state index contributed by atoms with van der Waals surface area (Å²) < 4.78 is 1.22. The molecule has 3 heteroatoms. The first-order valence-corrected chi connectivity index (χ1v) is 5.11. The van der Waals surface area contributed by atoms with E-state index >= 15 is 0 Å². The van der Waals surface area contributed by atoms with Gasteiger partial charge in [-0.1, -0.05) is 6.07 Å². The number of hydrogen-bond acceptors (Lipinski definition) is 3. The Hall–Kier alpha value is -0.930. The smallest absolute Gasteiger partial charge is 0.110 e. The maximum Gasteiger partial charge on any atom is 0.110 e. The summed E-state index contributed by atoms with van der Waals surface area (Å²) in [5.74, 6) is 0. The van der Waals surface area contributed by atoms with Crippen molar-refractivity contribution >= 4 is 21.6 Å². The molecule has 0 saturated heterocycles. The van der Waals surface area contributed by atoms with Crippen LogP contribution in [-0.2, 0) is 0 Å². The number of aryl methyl sites for hydroxylation is 1. The molecule has 0 saturated carbocycles. The van der Waals surface area contributed by atoms with Crippen LogP contribution in [0.15, 0.2) is 18.2 Å². The molecule has 0 aliphatic rings. The molecule has 1 heterocycles. The summed E-state index contributed by atoms with van der Waals surface area (Å²) in [6.45, 7) is 4.04. The molecule has 1 aromatic heterocycles. The minimum atomic E-state index is 0.0395. The molecule has 0 fully saturated rings. The average Bonchev–Trinajstić information content (AvgIpc) is 2.46. The lowest BCUT2D eigenvalue weighted by atomic mass is 10.2. The van der Waals surface area contributed by atoms with Gasteiger partial charge >= 0.3 is 0 Å². The third-order valence-electron chi connectivity index (χ3n) is 1.95. The van der Waals surface area contributed by atoms with Crippen LogP contribution in [0.1, 0.15) is 23.5 Å². The third-order valence-corrected chi connectivity index (χ3v) is 3.19. The number of nitrogens with two attached hydrogens (primary N) is 1. The van der Waals surface area contributed by atoms with Gasteiger partial charge in [-0.05, 0) is 31.5 Å². The van der Waals surface area contributed by atoms with Crippen LogP contribution in [0.3, 0.4) is 0 Å². The molecule has 0 amide bonds. The number of hydrogen-bond donors (Lipinski definition) is 1. The Kier molecular flexibility index (Phi) is 2.06. The normalized spacial score (nSPS) is 13.5. The van der Waals surface area contributed by atoms with Gasteiger partial charge < -0.3 is 5.73 Å². The maximum absolute atomic E-state index is 5.76. The SMILES string of the molecule is Cc1ccc2sc(C(C)N)nc2c1. The van der Waals surface area contributed by atoms with Crippen molar-refractivity contribution in [2.75, 3.05) is 0 Å². The zero-order valence-electron chi connectivity index (χ0n) is 7.74. The molecule has 0 aliphatic heterocycles. The molecule has 2 aromatic rings. The van der Waals surface area contributed by atoms with E-state index in [-0.39, 0.29) is 6.04 Å². The van der Waals surface area contributed by atoms with E-state index in [1.54, 1.807) is 11.3 Å². The fourth-order valence-electron chi connectivity index (χ4n) is 1.25. The Bertz CT molecular complexity index is 431. The second-order valence-corrected chi connectivity index (χ2v) is 4.37. The third kappa shape index (κ3) is 1.57. The molecule has 1 atom stereocenters. The van der Waals surface area contributed by atoms with Crippen LogP contribution in [0, 0.1) is 6.92 Å². The summed E-state index contributed by atoms with van der Waals surface area (Å²) in [5, 5.41) is 1.01. The number of aromatic nitrogens is 1. The van der Waals surface area contributed by atoms with Crippen molar-refractivity contribution < 1.29 is 0 Å². The van der Waals surface area contributed by atoms with Gasteiger partial charge in [0.25, 0.3) is 0 Å². The first-order chi connectivity index (χ1) is 6.16. The minimum absolute atomic E-state index is 0.0395. The van der Waals surface area contributed by atoms with Crippen molar-refractivity contribution in [3.05, 3.63) is 28.8 Å². The van der Waals surface area contributed by atoms with Gasteiger partial charge in [0, 0.05) is 0 Å². The summed E-state index contributed by atoms with van der Waals surface area (Å²) >= 11 is 1.68. The molecule has 0 aliphatic carbocycles. The second kappa shape index (κ2) is 3.09. The van der Waals surface area contributed by atoms with E-state index in [1.807, 2.05) is 6.92 Å². The summed E-state index contributed by atoms with van der Waals surface area (Å²) in [4.78, 5) is 4.47. The van der Waals surface area contributed by atoms with E-state index in [0.717, 1.165) is 10.5 Å². The number of nitrogens with zero attached hydrogens (tertiary/aromatic N) is 1. The van der Waals surface area contributed by atoms with E-state index in [9.17, 15) is 0 Å². The minimum Gasteiger partial charge on any atom is -0.322 e. The van der Waals surface area contributed by atoms with Crippen LogP contribution in [-0.4, -0.2) is 4.98 Å². The molecule has 0 spiro atoms. The Morgan fingerprint density at radius 2 is 2.23 bits per heavy atom. The molecule has 1 unspecified atom stereocenters. The lowest BCUT2D eigenvalue weighted by Crippen LogP contribution is -2.03. The molecule has 0 radical (unpaired) electrons. The molecule has 68 valence electrons. The first kappa shape index (κ1) is 8.66. The molecular weight excluding hydrogens is 180 g/mol. The fourth-order valence-corrected chi connectivity index (χ4v) is 2.15. The van der Waals surface area contributed by atoms with Crippen LogP contribution in [0.5, 0.6) is 0 Å². The Labute approximate surface area is 81.4 Å². The predicted molar refractivity (Wildman–Crippen MR) is 57.0 cm³/mol. The fraction of sp³-hybridized carbons (Fsp3) is 0.300. The van der Waals surface area contributed by atoms with Crippen molar-refractivity contribution in [1.29, 1.82) is 0 Å². The highest BCUT2D eigenvalue weighted by atomic mass is 32.1. The molecule has 0 bridgehead atoms. The van der Waals surface area contributed by atoms with Crippen molar-refractivity contribution in [3.63, 3.8) is 0 Å². The highest BCUT2D eigenvalue weighted by Crippen LogP contribution is 2.25. The number of fused-ring (bicyclic) bond motifs is 1. The lowest BCUT2D eigenvalue weighted by molar-refractivity contribution is 0.810. The zero-order chi connectivity index (χ0) is 9.42. The van der Waals surface area contributed by atoms with Gasteiger partial charge in [-0.2, -0.15) is 0 Å². The van der Waals surface area contributed by atoms with Gasteiger partial charge in [-0.15, -0.1) is 11.3 Å². The van der Waals surface area contributed by atoms with Gasteiger partial charge in [0.15, 0.2) is 0 Å². The number of rotatable bonds is 1. The molecular formula is C10H12N2S. The van der Waals surface area contributed by atoms with E-state index in [1.165, 1.54) is 10.3 Å². The summed E-state index contributed by atoms with van der Waals surface area (Å²) in [5.41, 5.74) is 8.07. The molecule has 2 N–H and O–H groups in total. The largest absolute Gasteiger partial charge is 0.322 e. The second-order valence-electron chi connectivity index (χ2n) is 3.31. The topological polar surface area (TPSA) is 38.9 Å². The lowest BCUT2D eigenvalue weighted by Gasteiger charge is -1.95. The summed E-state index contributed by atoms with van der Waals surface area (Å²) in [6.07, 6.45) is 0. The average molecular weight is 192 g/mol. The van der Waals surface area contributed by atoms with Crippen LogP contribution < -0.4 is 5.73 Å². The zero-order valence-corrected chi connectivity index (χ0v) is 8.56. The van der Waals surface area contributed by atoms with Gasteiger partial charge in [0.1, 0.15) is 5.01 Å². The Morgan fingerprint density at radius 1 is 1.46 bits per heavy atom. The highest BCUT2D eigenvalue weighted by molar-refractivity contribution is 7.18. The van der Waals surface area contributed by atoms with Gasteiger partial charge in [-0.25, -0.2) is 4.98 Å². The van der Waals surface area contributed by atoms with E-state index < -0.39 is 0 Å². The highest BCUT2D eigenvalue weighted by Gasteiger charge is 2.06. The van der Waals surface area contributed by atoms with Gasteiger partial charge in [-0.3, -0.25) is 0 Å². The number of benzene rings is 1. The van der Waals surface area contributed by atoms with Crippen LogP contribution >= 0.6 is 11.3 Å². The quantitative estimate of drug-likeness (QED) is 0.754. The van der Waals surface area contributed by atoms with Crippen LogP contribution in [0.4, 0.5) is 0 Å².